The Morgan fingerprint density at radius 2 is 1.81 bits per heavy atom. The Hall–Kier alpha value is -3.19. The van der Waals surface area contributed by atoms with Crippen LogP contribution in [-0.2, 0) is 14.4 Å². The lowest BCUT2D eigenvalue weighted by Gasteiger charge is -2.33. The average Bonchev–Trinajstić information content (AvgIpc) is 3.09. The molecule has 3 amide bonds. The van der Waals surface area contributed by atoms with E-state index >= 15 is 0 Å². The molecule has 1 aliphatic carbocycles. The normalized spacial score (nSPS) is 26.8. The third kappa shape index (κ3) is 3.77. The van der Waals surface area contributed by atoms with Crippen LogP contribution in [0.25, 0.3) is 10.8 Å². The fourth-order valence-electron chi connectivity index (χ4n) is 5.24. The van der Waals surface area contributed by atoms with E-state index in [2.05, 4.69) is 10.6 Å². The molecule has 0 spiro atoms. The number of benzene rings is 2. The lowest BCUT2D eigenvalue weighted by atomic mass is 9.69. The fourth-order valence-corrected chi connectivity index (χ4v) is 5.24. The first kappa shape index (κ1) is 22.0. The summed E-state index contributed by atoms with van der Waals surface area (Å²) in [6, 6.07) is 12.8. The minimum atomic E-state index is -0.785. The molecule has 168 valence electrons. The van der Waals surface area contributed by atoms with Crippen molar-refractivity contribution in [3.05, 3.63) is 54.6 Å². The van der Waals surface area contributed by atoms with Crippen molar-refractivity contribution in [1.82, 2.24) is 10.2 Å². The molecular formula is C25H29N3O4. The number of carbonyl (C=O) groups excluding carboxylic acids is 3. The molecule has 0 bridgehead atoms. The number of aliphatic hydroxyl groups excluding tert-OH is 1. The monoisotopic (exact) mass is 435 g/mol. The van der Waals surface area contributed by atoms with Crippen LogP contribution in [0.2, 0.25) is 0 Å². The highest BCUT2D eigenvalue weighted by atomic mass is 16.3. The maximum Gasteiger partial charge on any atom is 0.247 e. The molecule has 1 heterocycles. The van der Waals surface area contributed by atoms with Crippen LogP contribution in [0, 0.1) is 23.7 Å². The van der Waals surface area contributed by atoms with Crippen LogP contribution in [0.3, 0.4) is 0 Å². The molecule has 7 nitrogen and oxygen atoms in total. The van der Waals surface area contributed by atoms with Crippen molar-refractivity contribution in [3.8, 4) is 0 Å². The van der Waals surface area contributed by atoms with Crippen molar-refractivity contribution in [2.45, 2.75) is 19.4 Å². The number of anilines is 1. The number of rotatable bonds is 6. The summed E-state index contributed by atoms with van der Waals surface area (Å²) in [4.78, 5) is 40.9. The van der Waals surface area contributed by atoms with Crippen molar-refractivity contribution in [2.24, 2.45) is 23.7 Å². The van der Waals surface area contributed by atoms with Gasteiger partial charge in [0.25, 0.3) is 0 Å². The molecule has 2 aromatic carbocycles. The minimum absolute atomic E-state index is 0.0483. The summed E-state index contributed by atoms with van der Waals surface area (Å²) >= 11 is 0. The van der Waals surface area contributed by atoms with Crippen LogP contribution in [-0.4, -0.2) is 54.0 Å². The van der Waals surface area contributed by atoms with Crippen LogP contribution in [0.15, 0.2) is 54.6 Å². The molecule has 4 rings (SSSR count). The van der Waals surface area contributed by atoms with Gasteiger partial charge in [0.2, 0.25) is 17.7 Å². The first-order chi connectivity index (χ1) is 15.5. The molecule has 5 atom stereocenters. The summed E-state index contributed by atoms with van der Waals surface area (Å²) in [7, 11) is 1.57. The molecule has 0 aromatic heterocycles. The Morgan fingerprint density at radius 3 is 2.50 bits per heavy atom. The van der Waals surface area contributed by atoms with Gasteiger partial charge >= 0.3 is 0 Å². The summed E-state index contributed by atoms with van der Waals surface area (Å²) in [5, 5.41) is 17.3. The number of aliphatic hydroxyl groups is 1. The molecule has 2 aliphatic rings. The molecule has 7 heteroatoms. The van der Waals surface area contributed by atoms with Crippen LogP contribution in [0.5, 0.6) is 0 Å². The molecule has 1 saturated heterocycles. The molecule has 32 heavy (non-hydrogen) atoms. The van der Waals surface area contributed by atoms with Gasteiger partial charge in [0, 0.05) is 25.2 Å². The summed E-state index contributed by atoms with van der Waals surface area (Å²) in [5.41, 5.74) is 0.641. The van der Waals surface area contributed by atoms with E-state index in [0.29, 0.717) is 5.69 Å². The number of fused-ring (bicyclic) bond motifs is 2. The first-order valence-corrected chi connectivity index (χ1v) is 11.1. The topological polar surface area (TPSA) is 98.7 Å². The van der Waals surface area contributed by atoms with E-state index in [1.807, 2.05) is 61.5 Å². The van der Waals surface area contributed by atoms with Gasteiger partial charge < -0.3 is 20.6 Å². The molecule has 2 aromatic rings. The lowest BCUT2D eigenvalue weighted by molar-refractivity contribution is -0.140. The van der Waals surface area contributed by atoms with E-state index in [-0.39, 0.29) is 36.8 Å². The van der Waals surface area contributed by atoms with Crippen LogP contribution in [0.4, 0.5) is 5.69 Å². The largest absolute Gasteiger partial charge is 0.395 e. The number of hydrogen-bond donors (Lipinski definition) is 3. The van der Waals surface area contributed by atoms with Gasteiger partial charge in [-0.05, 0) is 35.2 Å². The summed E-state index contributed by atoms with van der Waals surface area (Å²) in [6.45, 7) is 1.78. The standard InChI is InChI=1S/C25H29N3O4/c1-3-15-9-11-19-21(20(15)23(30)26-2)25(32)28(12-13-29)22(19)24(31)27-18-10-8-16-6-4-5-7-17(16)14-18/h4-11,14-15,19-22,29H,3,12-13H2,1-2H3,(H,26,30)(H,27,31)/t15-,19+,20-,21+,22+/m1/s1. The van der Waals surface area contributed by atoms with E-state index < -0.39 is 23.8 Å². The second-order valence-electron chi connectivity index (χ2n) is 8.45. The zero-order valence-corrected chi connectivity index (χ0v) is 18.3. The van der Waals surface area contributed by atoms with Gasteiger partial charge in [-0.25, -0.2) is 0 Å². The van der Waals surface area contributed by atoms with E-state index in [9.17, 15) is 19.5 Å². The zero-order valence-electron chi connectivity index (χ0n) is 18.3. The SMILES string of the molecule is CC[C@@H]1C=C[C@H]2[C@H](C(=O)N(CCO)[C@@H]2C(=O)Nc2ccc3ccccc3c2)[C@@H]1C(=O)NC. The van der Waals surface area contributed by atoms with E-state index in [4.69, 9.17) is 0 Å². The van der Waals surface area contributed by atoms with Gasteiger partial charge in [-0.15, -0.1) is 0 Å². The average molecular weight is 436 g/mol. The molecule has 0 radical (unpaired) electrons. The highest BCUT2D eigenvalue weighted by molar-refractivity contribution is 6.02. The van der Waals surface area contributed by atoms with Gasteiger partial charge in [0.05, 0.1) is 18.4 Å². The van der Waals surface area contributed by atoms with Crippen molar-refractivity contribution < 1.29 is 19.5 Å². The number of carbonyl (C=O) groups is 3. The number of β-amino-alcohol motifs (C(OH)–C–C–N with tert-alkyl or cyclic N) is 1. The number of nitrogens with zero attached hydrogens (tertiary/aromatic N) is 1. The molecule has 1 aliphatic heterocycles. The van der Waals surface area contributed by atoms with Gasteiger partial charge in [0.1, 0.15) is 6.04 Å². The van der Waals surface area contributed by atoms with Crippen LogP contribution in [0.1, 0.15) is 13.3 Å². The Balaban J connectivity index is 1.66. The van der Waals surface area contributed by atoms with Gasteiger partial charge in [-0.3, -0.25) is 14.4 Å². The summed E-state index contributed by atoms with van der Waals surface area (Å²) in [5.74, 6) is -2.41. The molecule has 0 unspecified atom stereocenters. The highest BCUT2D eigenvalue weighted by Crippen LogP contribution is 2.45. The smallest absolute Gasteiger partial charge is 0.247 e. The van der Waals surface area contributed by atoms with Crippen molar-refractivity contribution in [3.63, 3.8) is 0 Å². The molecule has 0 saturated carbocycles. The van der Waals surface area contributed by atoms with Gasteiger partial charge in [-0.1, -0.05) is 49.4 Å². The van der Waals surface area contributed by atoms with Gasteiger partial charge in [-0.2, -0.15) is 0 Å². The Kier molecular flexibility index (Phi) is 6.28. The van der Waals surface area contributed by atoms with Crippen LogP contribution >= 0.6 is 0 Å². The number of allylic oxidation sites excluding steroid dienone is 1. The predicted octanol–water partition coefficient (Wildman–Crippen LogP) is 2.17. The third-order valence-corrected chi connectivity index (χ3v) is 6.76. The summed E-state index contributed by atoms with van der Waals surface area (Å²) < 4.78 is 0. The van der Waals surface area contributed by atoms with Gasteiger partial charge in [0.15, 0.2) is 0 Å². The first-order valence-electron chi connectivity index (χ1n) is 11.1. The van der Waals surface area contributed by atoms with Crippen LogP contribution < -0.4 is 10.6 Å². The maximum atomic E-state index is 13.4. The quantitative estimate of drug-likeness (QED) is 0.606. The zero-order chi connectivity index (χ0) is 22.8. The number of likely N-dealkylation sites (tertiary alicyclic amines) is 1. The number of hydrogen-bond acceptors (Lipinski definition) is 4. The van der Waals surface area contributed by atoms with Crippen molar-refractivity contribution in [2.75, 3.05) is 25.5 Å². The third-order valence-electron chi connectivity index (χ3n) is 6.76. The van der Waals surface area contributed by atoms with E-state index in [1.165, 1.54) is 4.90 Å². The number of amides is 3. The molecular weight excluding hydrogens is 406 g/mol. The number of nitrogens with one attached hydrogen (secondary N) is 2. The minimum Gasteiger partial charge on any atom is -0.395 e. The second kappa shape index (κ2) is 9.12. The fraction of sp³-hybridized carbons (Fsp3) is 0.400. The summed E-state index contributed by atoms with van der Waals surface area (Å²) in [6.07, 6.45) is 4.60. The molecule has 1 fully saturated rings. The van der Waals surface area contributed by atoms with E-state index in [1.54, 1.807) is 7.05 Å². The van der Waals surface area contributed by atoms with E-state index in [0.717, 1.165) is 17.2 Å². The van der Waals surface area contributed by atoms with Crippen molar-refractivity contribution >= 4 is 34.2 Å². The Morgan fingerprint density at radius 1 is 1.06 bits per heavy atom. The molecule has 3 N–H and O–H groups in total. The lowest BCUT2D eigenvalue weighted by Crippen LogP contribution is -2.45. The highest BCUT2D eigenvalue weighted by Gasteiger charge is 2.56. The Bertz CT molecular complexity index is 1070. The maximum absolute atomic E-state index is 13.4. The Labute approximate surface area is 187 Å². The second-order valence-corrected chi connectivity index (χ2v) is 8.45. The predicted molar refractivity (Wildman–Crippen MR) is 123 cm³/mol. The van der Waals surface area contributed by atoms with Crippen molar-refractivity contribution in [1.29, 1.82) is 0 Å².